The number of amides is 1. The zero-order valence-electron chi connectivity index (χ0n) is 9.65. The Hall–Kier alpha value is -2.38. The summed E-state index contributed by atoms with van der Waals surface area (Å²) in [5.74, 6) is -1.71. The summed E-state index contributed by atoms with van der Waals surface area (Å²) < 4.78 is 0. The van der Waals surface area contributed by atoms with Crippen LogP contribution in [0.5, 0.6) is 0 Å². The predicted molar refractivity (Wildman–Crippen MR) is 61.2 cm³/mol. The SMILES string of the molecule is CC[C@@H](NC(=O)Cc1cc(=O)[nH]c(=O)[nH]1)C(=O)O. The molecule has 0 aliphatic rings. The van der Waals surface area contributed by atoms with E-state index in [9.17, 15) is 19.2 Å². The number of carboxylic acids is 1. The van der Waals surface area contributed by atoms with Gasteiger partial charge < -0.3 is 15.4 Å². The number of nitrogens with one attached hydrogen (secondary N) is 3. The van der Waals surface area contributed by atoms with Crippen molar-refractivity contribution in [2.45, 2.75) is 25.8 Å². The lowest BCUT2D eigenvalue weighted by molar-refractivity contribution is -0.141. The van der Waals surface area contributed by atoms with Crippen LogP contribution < -0.4 is 16.6 Å². The molecular formula is C10H13N3O5. The Kier molecular flexibility index (Phi) is 4.41. The van der Waals surface area contributed by atoms with Crippen molar-refractivity contribution in [3.8, 4) is 0 Å². The molecule has 1 aromatic heterocycles. The number of aliphatic carboxylic acids is 1. The van der Waals surface area contributed by atoms with E-state index in [1.807, 2.05) is 4.98 Å². The average Bonchev–Trinajstić information content (AvgIpc) is 2.23. The lowest BCUT2D eigenvalue weighted by atomic mass is 10.2. The van der Waals surface area contributed by atoms with E-state index in [0.717, 1.165) is 6.07 Å². The number of aromatic nitrogens is 2. The number of hydrogen-bond donors (Lipinski definition) is 4. The summed E-state index contributed by atoms with van der Waals surface area (Å²) in [5.41, 5.74) is -1.20. The summed E-state index contributed by atoms with van der Waals surface area (Å²) in [6, 6.07) is 0.0918. The van der Waals surface area contributed by atoms with Crippen LogP contribution in [0.1, 0.15) is 19.0 Å². The molecule has 1 aromatic rings. The maximum Gasteiger partial charge on any atom is 0.326 e. The van der Waals surface area contributed by atoms with E-state index >= 15 is 0 Å². The molecule has 1 atom stereocenters. The number of carboxylic acid groups (broad SMARTS) is 1. The first-order valence-electron chi connectivity index (χ1n) is 5.27. The van der Waals surface area contributed by atoms with Gasteiger partial charge in [0.05, 0.1) is 6.42 Å². The fourth-order valence-electron chi connectivity index (χ4n) is 1.37. The van der Waals surface area contributed by atoms with Gasteiger partial charge in [0.25, 0.3) is 5.56 Å². The lowest BCUT2D eigenvalue weighted by Crippen LogP contribution is -2.41. The van der Waals surface area contributed by atoms with Crippen molar-refractivity contribution in [3.05, 3.63) is 32.6 Å². The monoisotopic (exact) mass is 255 g/mol. The summed E-state index contributed by atoms with van der Waals surface area (Å²) >= 11 is 0. The van der Waals surface area contributed by atoms with E-state index in [-0.39, 0.29) is 18.5 Å². The molecule has 0 aliphatic heterocycles. The van der Waals surface area contributed by atoms with Gasteiger partial charge in [-0.05, 0) is 6.42 Å². The van der Waals surface area contributed by atoms with Crippen molar-refractivity contribution in [3.63, 3.8) is 0 Å². The van der Waals surface area contributed by atoms with Crippen molar-refractivity contribution in [1.29, 1.82) is 0 Å². The summed E-state index contributed by atoms with van der Waals surface area (Å²) in [6.07, 6.45) is -0.0180. The summed E-state index contributed by atoms with van der Waals surface area (Å²) in [7, 11) is 0. The molecule has 0 saturated carbocycles. The van der Waals surface area contributed by atoms with Crippen molar-refractivity contribution < 1.29 is 14.7 Å². The highest BCUT2D eigenvalue weighted by atomic mass is 16.4. The van der Waals surface area contributed by atoms with Crippen LogP contribution in [-0.4, -0.2) is 33.0 Å². The van der Waals surface area contributed by atoms with E-state index in [0.29, 0.717) is 0 Å². The molecule has 0 unspecified atom stereocenters. The second-order valence-electron chi connectivity index (χ2n) is 3.66. The Balaban J connectivity index is 2.73. The van der Waals surface area contributed by atoms with E-state index in [2.05, 4.69) is 10.3 Å². The normalized spacial score (nSPS) is 11.8. The van der Waals surface area contributed by atoms with Crippen LogP contribution in [0.4, 0.5) is 0 Å². The topological polar surface area (TPSA) is 132 Å². The molecule has 0 aromatic carbocycles. The van der Waals surface area contributed by atoms with Gasteiger partial charge >= 0.3 is 11.7 Å². The highest BCUT2D eigenvalue weighted by molar-refractivity contribution is 5.84. The molecule has 18 heavy (non-hydrogen) atoms. The molecule has 1 heterocycles. The quantitative estimate of drug-likeness (QED) is 0.513. The fraction of sp³-hybridized carbons (Fsp3) is 0.400. The molecule has 98 valence electrons. The zero-order valence-corrected chi connectivity index (χ0v) is 9.65. The predicted octanol–water partition coefficient (Wildman–Crippen LogP) is -1.41. The first kappa shape index (κ1) is 13.7. The Bertz CT molecular complexity index is 531. The first-order valence-corrected chi connectivity index (χ1v) is 5.27. The third-order valence-electron chi connectivity index (χ3n) is 2.21. The van der Waals surface area contributed by atoms with Crippen LogP contribution in [0.25, 0.3) is 0 Å². The minimum absolute atomic E-state index is 0.126. The maximum absolute atomic E-state index is 11.5. The molecule has 8 nitrogen and oxygen atoms in total. The Morgan fingerprint density at radius 3 is 2.56 bits per heavy atom. The Labute approximate surface area is 101 Å². The molecule has 8 heteroatoms. The van der Waals surface area contributed by atoms with E-state index in [1.54, 1.807) is 6.92 Å². The van der Waals surface area contributed by atoms with Gasteiger partial charge in [-0.25, -0.2) is 9.59 Å². The standard InChI is InChI=1S/C10H13N3O5/c1-2-6(9(16)17)12-7(14)3-5-4-8(15)13-10(18)11-5/h4,6H,2-3H2,1H3,(H,12,14)(H,16,17)(H2,11,13,15,18)/t6-/m1/s1. The number of rotatable bonds is 5. The molecule has 0 fully saturated rings. The lowest BCUT2D eigenvalue weighted by Gasteiger charge is -2.11. The van der Waals surface area contributed by atoms with Crippen molar-refractivity contribution in [2.24, 2.45) is 0 Å². The van der Waals surface area contributed by atoms with Crippen LogP contribution in [-0.2, 0) is 16.0 Å². The molecule has 1 rings (SSSR count). The van der Waals surface area contributed by atoms with Crippen LogP contribution >= 0.6 is 0 Å². The largest absolute Gasteiger partial charge is 0.480 e. The van der Waals surface area contributed by atoms with Crippen LogP contribution in [0.2, 0.25) is 0 Å². The van der Waals surface area contributed by atoms with Gasteiger partial charge in [0.2, 0.25) is 5.91 Å². The fourth-order valence-corrected chi connectivity index (χ4v) is 1.37. The molecule has 0 aliphatic carbocycles. The zero-order chi connectivity index (χ0) is 13.7. The number of carbonyl (C=O) groups excluding carboxylic acids is 1. The molecular weight excluding hydrogens is 242 g/mol. The Morgan fingerprint density at radius 1 is 1.39 bits per heavy atom. The second kappa shape index (κ2) is 5.80. The van der Waals surface area contributed by atoms with E-state index in [1.165, 1.54) is 0 Å². The maximum atomic E-state index is 11.5. The number of hydrogen-bond acceptors (Lipinski definition) is 4. The molecule has 0 spiro atoms. The molecule has 4 N–H and O–H groups in total. The van der Waals surface area contributed by atoms with Crippen LogP contribution in [0.3, 0.4) is 0 Å². The van der Waals surface area contributed by atoms with Gasteiger partial charge in [-0.15, -0.1) is 0 Å². The highest BCUT2D eigenvalue weighted by Gasteiger charge is 2.17. The van der Waals surface area contributed by atoms with Gasteiger partial charge in [-0.2, -0.15) is 0 Å². The van der Waals surface area contributed by atoms with Gasteiger partial charge in [0.15, 0.2) is 0 Å². The van der Waals surface area contributed by atoms with Crippen LogP contribution in [0.15, 0.2) is 15.7 Å². The molecule has 0 bridgehead atoms. The third kappa shape index (κ3) is 3.89. The summed E-state index contributed by atoms with van der Waals surface area (Å²) in [5, 5.41) is 11.0. The third-order valence-corrected chi connectivity index (χ3v) is 2.21. The minimum Gasteiger partial charge on any atom is -0.480 e. The van der Waals surface area contributed by atoms with E-state index in [4.69, 9.17) is 5.11 Å². The molecule has 0 radical (unpaired) electrons. The number of carbonyl (C=O) groups is 2. The first-order chi connectivity index (χ1) is 8.42. The highest BCUT2D eigenvalue weighted by Crippen LogP contribution is 1.94. The minimum atomic E-state index is -1.13. The second-order valence-corrected chi connectivity index (χ2v) is 3.66. The summed E-state index contributed by atoms with van der Waals surface area (Å²) in [6.45, 7) is 1.62. The smallest absolute Gasteiger partial charge is 0.326 e. The number of aromatic amines is 2. The van der Waals surface area contributed by atoms with Crippen molar-refractivity contribution >= 4 is 11.9 Å². The molecule has 0 saturated heterocycles. The average molecular weight is 255 g/mol. The van der Waals surface area contributed by atoms with Gasteiger partial charge in [0, 0.05) is 11.8 Å². The van der Waals surface area contributed by atoms with E-state index < -0.39 is 29.2 Å². The molecule has 1 amide bonds. The van der Waals surface area contributed by atoms with Gasteiger partial charge in [-0.1, -0.05) is 6.92 Å². The van der Waals surface area contributed by atoms with Gasteiger partial charge in [-0.3, -0.25) is 14.6 Å². The summed E-state index contributed by atoms with van der Waals surface area (Å²) in [4.78, 5) is 48.4. The van der Waals surface area contributed by atoms with Gasteiger partial charge in [0.1, 0.15) is 6.04 Å². The van der Waals surface area contributed by atoms with Crippen molar-refractivity contribution in [2.75, 3.05) is 0 Å². The van der Waals surface area contributed by atoms with Crippen molar-refractivity contribution in [1.82, 2.24) is 15.3 Å². The Morgan fingerprint density at radius 2 is 2.06 bits per heavy atom. The number of H-pyrrole nitrogens is 2. The van der Waals surface area contributed by atoms with Crippen LogP contribution in [0, 0.1) is 0 Å².